The predicted molar refractivity (Wildman–Crippen MR) is 64.8 cm³/mol. The molecule has 1 aliphatic heterocycles. The number of carbonyl (C=O) groups excluding carboxylic acids is 1. The number of hydrogen-bond donors (Lipinski definition) is 1. The highest BCUT2D eigenvalue weighted by molar-refractivity contribution is 5.94. The molecule has 1 N–H and O–H groups in total. The molecule has 0 unspecified atom stereocenters. The minimum Gasteiger partial charge on any atom is -0.391 e. The Morgan fingerprint density at radius 2 is 2.06 bits per heavy atom. The molecule has 4 rings (SSSR count). The first-order valence-electron chi connectivity index (χ1n) is 6.65. The smallest absolute Gasteiger partial charge is 0.254 e. The van der Waals surface area contributed by atoms with E-state index in [1.54, 1.807) is 24.5 Å². The lowest BCUT2D eigenvalue weighted by atomic mass is 9.88. The Hall–Kier alpha value is -1.42. The molecule has 3 aliphatic rings. The molecule has 1 aromatic rings. The van der Waals surface area contributed by atoms with Crippen LogP contribution in [0.1, 0.15) is 23.2 Å². The van der Waals surface area contributed by atoms with Crippen LogP contribution in [-0.2, 0) is 0 Å². The highest BCUT2D eigenvalue weighted by Crippen LogP contribution is 2.55. The van der Waals surface area contributed by atoms with Crippen LogP contribution in [0.25, 0.3) is 0 Å². The first kappa shape index (κ1) is 10.5. The molecule has 2 aliphatic carbocycles. The van der Waals surface area contributed by atoms with E-state index < -0.39 is 0 Å². The lowest BCUT2D eigenvalue weighted by Crippen LogP contribution is -2.43. The molecule has 1 amide bonds. The van der Waals surface area contributed by atoms with Crippen molar-refractivity contribution in [2.75, 3.05) is 6.54 Å². The predicted octanol–water partition coefficient (Wildman–Crippen LogP) is 0.923. The Labute approximate surface area is 106 Å². The number of hydrogen-bond acceptors (Lipinski definition) is 3. The molecule has 2 saturated carbocycles. The first-order chi connectivity index (χ1) is 8.75. The zero-order valence-electron chi connectivity index (χ0n) is 10.1. The van der Waals surface area contributed by atoms with Crippen molar-refractivity contribution in [2.24, 2.45) is 17.8 Å². The fourth-order valence-corrected chi connectivity index (χ4v) is 4.31. The van der Waals surface area contributed by atoms with Crippen LogP contribution in [0, 0.1) is 17.8 Å². The van der Waals surface area contributed by atoms with Gasteiger partial charge in [0.25, 0.3) is 5.91 Å². The van der Waals surface area contributed by atoms with Crippen molar-refractivity contribution in [3.05, 3.63) is 30.1 Å². The average molecular weight is 244 g/mol. The van der Waals surface area contributed by atoms with Gasteiger partial charge in [0.15, 0.2) is 0 Å². The van der Waals surface area contributed by atoms with Crippen molar-refractivity contribution >= 4 is 5.91 Å². The molecule has 94 valence electrons. The summed E-state index contributed by atoms with van der Waals surface area (Å²) >= 11 is 0. The zero-order chi connectivity index (χ0) is 12.3. The Morgan fingerprint density at radius 3 is 2.78 bits per heavy atom. The number of aliphatic hydroxyl groups excluding tert-OH is 1. The molecule has 1 saturated heterocycles. The van der Waals surface area contributed by atoms with Gasteiger partial charge in [-0.15, -0.1) is 0 Å². The molecule has 2 heterocycles. The normalized spacial score (nSPS) is 40.5. The molecule has 3 fully saturated rings. The number of amides is 1. The van der Waals surface area contributed by atoms with E-state index in [-0.39, 0.29) is 18.1 Å². The number of aliphatic hydroxyl groups is 1. The van der Waals surface area contributed by atoms with Gasteiger partial charge in [0, 0.05) is 24.5 Å². The molecular formula is C14H16N2O2. The van der Waals surface area contributed by atoms with Crippen LogP contribution in [0.2, 0.25) is 0 Å². The van der Waals surface area contributed by atoms with Gasteiger partial charge in [0.1, 0.15) is 0 Å². The van der Waals surface area contributed by atoms with E-state index in [1.807, 2.05) is 4.90 Å². The summed E-state index contributed by atoms with van der Waals surface area (Å²) in [6.07, 6.45) is 5.19. The van der Waals surface area contributed by atoms with Crippen molar-refractivity contribution < 1.29 is 9.90 Å². The Morgan fingerprint density at radius 1 is 1.28 bits per heavy atom. The maximum Gasteiger partial charge on any atom is 0.254 e. The molecular weight excluding hydrogens is 228 g/mol. The van der Waals surface area contributed by atoms with Gasteiger partial charge < -0.3 is 10.0 Å². The minimum atomic E-state index is -0.306. The van der Waals surface area contributed by atoms with Gasteiger partial charge >= 0.3 is 0 Å². The fourth-order valence-electron chi connectivity index (χ4n) is 4.31. The number of aromatic nitrogens is 1. The van der Waals surface area contributed by atoms with Crippen molar-refractivity contribution in [1.82, 2.24) is 9.88 Å². The van der Waals surface area contributed by atoms with Gasteiger partial charge in [-0.3, -0.25) is 9.78 Å². The summed E-state index contributed by atoms with van der Waals surface area (Å²) in [6.45, 7) is 0.823. The summed E-state index contributed by atoms with van der Waals surface area (Å²) < 4.78 is 0. The third-order valence-electron chi connectivity index (χ3n) is 5.04. The lowest BCUT2D eigenvalue weighted by molar-refractivity contribution is 0.0402. The summed E-state index contributed by atoms with van der Waals surface area (Å²) in [5, 5.41) is 10.3. The number of nitrogens with zero attached hydrogens (tertiary/aromatic N) is 2. The van der Waals surface area contributed by atoms with Crippen LogP contribution < -0.4 is 0 Å². The zero-order valence-corrected chi connectivity index (χ0v) is 10.1. The molecule has 18 heavy (non-hydrogen) atoms. The molecule has 0 radical (unpaired) electrons. The fraction of sp³-hybridized carbons (Fsp3) is 0.571. The SMILES string of the molecule is O=C(c1ccncc1)N1C[C@@H]2C[C@H]3C[C@H]2[C@H]1[C@H]3O. The van der Waals surface area contributed by atoms with Crippen LogP contribution in [-0.4, -0.2) is 39.6 Å². The monoisotopic (exact) mass is 244 g/mol. The maximum absolute atomic E-state index is 12.5. The van der Waals surface area contributed by atoms with Gasteiger partial charge in [-0.25, -0.2) is 0 Å². The number of rotatable bonds is 1. The van der Waals surface area contributed by atoms with Crippen LogP contribution in [0.4, 0.5) is 0 Å². The van der Waals surface area contributed by atoms with Gasteiger partial charge in [0.2, 0.25) is 0 Å². The molecule has 0 aromatic carbocycles. The maximum atomic E-state index is 12.5. The van der Waals surface area contributed by atoms with Crippen LogP contribution >= 0.6 is 0 Å². The third-order valence-corrected chi connectivity index (χ3v) is 5.04. The molecule has 5 atom stereocenters. The van der Waals surface area contributed by atoms with Gasteiger partial charge in [-0.2, -0.15) is 0 Å². The van der Waals surface area contributed by atoms with Gasteiger partial charge in [0.05, 0.1) is 12.1 Å². The standard InChI is InChI=1S/C14H16N2O2/c17-13-9-5-10-7-16(12(13)11(10)6-9)14(18)8-1-3-15-4-2-8/h1-4,9-13,17H,5-7H2/t9-,10-,11+,12-,13-/m0/s1. The Balaban J connectivity index is 1.65. The summed E-state index contributed by atoms with van der Waals surface area (Å²) in [6, 6.07) is 3.57. The lowest BCUT2D eigenvalue weighted by Gasteiger charge is -2.28. The van der Waals surface area contributed by atoms with Crippen molar-refractivity contribution in [2.45, 2.75) is 25.0 Å². The van der Waals surface area contributed by atoms with Crippen LogP contribution in [0.3, 0.4) is 0 Å². The quantitative estimate of drug-likeness (QED) is 0.799. The van der Waals surface area contributed by atoms with E-state index in [9.17, 15) is 9.90 Å². The van der Waals surface area contributed by atoms with Crippen LogP contribution in [0.15, 0.2) is 24.5 Å². The Bertz CT molecular complexity index is 488. The van der Waals surface area contributed by atoms with E-state index in [4.69, 9.17) is 0 Å². The molecule has 2 bridgehead atoms. The molecule has 1 aromatic heterocycles. The number of likely N-dealkylation sites (tertiary alicyclic amines) is 1. The second-order valence-corrected chi connectivity index (χ2v) is 5.83. The number of pyridine rings is 1. The highest BCUT2D eigenvalue weighted by Gasteiger charge is 2.59. The van der Waals surface area contributed by atoms with E-state index in [0.717, 1.165) is 19.4 Å². The number of carbonyl (C=O) groups is 1. The van der Waals surface area contributed by atoms with Crippen molar-refractivity contribution in [1.29, 1.82) is 0 Å². The van der Waals surface area contributed by atoms with E-state index in [1.165, 1.54) is 0 Å². The summed E-state index contributed by atoms with van der Waals surface area (Å²) in [4.78, 5) is 18.3. The third kappa shape index (κ3) is 1.24. The summed E-state index contributed by atoms with van der Waals surface area (Å²) in [5.74, 6) is 1.64. The van der Waals surface area contributed by atoms with Crippen LogP contribution in [0.5, 0.6) is 0 Å². The molecule has 0 spiro atoms. The topological polar surface area (TPSA) is 53.4 Å². The second kappa shape index (κ2) is 3.54. The first-order valence-corrected chi connectivity index (χ1v) is 6.65. The van der Waals surface area contributed by atoms with Gasteiger partial charge in [-0.05, 0) is 42.7 Å². The minimum absolute atomic E-state index is 0.0523. The van der Waals surface area contributed by atoms with E-state index >= 15 is 0 Å². The highest BCUT2D eigenvalue weighted by atomic mass is 16.3. The summed E-state index contributed by atoms with van der Waals surface area (Å²) in [7, 11) is 0. The van der Waals surface area contributed by atoms with Gasteiger partial charge in [-0.1, -0.05) is 0 Å². The van der Waals surface area contributed by atoms with Crippen molar-refractivity contribution in [3.8, 4) is 0 Å². The summed E-state index contributed by atoms with van der Waals surface area (Å²) in [5.41, 5.74) is 0.682. The second-order valence-electron chi connectivity index (χ2n) is 5.83. The number of fused-ring (bicyclic) bond motifs is 1. The largest absolute Gasteiger partial charge is 0.391 e. The average Bonchev–Trinajstić information content (AvgIpc) is 3.00. The van der Waals surface area contributed by atoms with E-state index in [0.29, 0.717) is 23.3 Å². The Kier molecular flexibility index (Phi) is 2.07. The molecule has 4 nitrogen and oxygen atoms in total. The molecule has 4 heteroatoms. The van der Waals surface area contributed by atoms with Crippen molar-refractivity contribution in [3.63, 3.8) is 0 Å². The van der Waals surface area contributed by atoms with E-state index in [2.05, 4.69) is 4.98 Å².